The molecule has 1 rings (SSSR count). The summed E-state index contributed by atoms with van der Waals surface area (Å²) in [6.07, 6.45) is 0. The normalized spacial score (nSPS) is 14.1. The number of rotatable bonds is 7. The summed E-state index contributed by atoms with van der Waals surface area (Å²) < 4.78 is 0.914. The number of nitrogens with one attached hydrogen (secondary N) is 2. The number of carbonyl (C=O) groups excluding carboxylic acids is 1. The molecule has 3 N–H and O–H groups in total. The van der Waals surface area contributed by atoms with Crippen LogP contribution in [0.3, 0.4) is 0 Å². The van der Waals surface area contributed by atoms with E-state index in [9.17, 15) is 9.90 Å². The van der Waals surface area contributed by atoms with Crippen LogP contribution in [0.5, 0.6) is 0 Å². The molecule has 0 aliphatic heterocycles. The van der Waals surface area contributed by atoms with Crippen LogP contribution in [0.15, 0.2) is 28.7 Å². The van der Waals surface area contributed by atoms with E-state index in [0.717, 1.165) is 10.2 Å². The molecule has 0 radical (unpaired) electrons. The lowest BCUT2D eigenvalue weighted by Crippen LogP contribution is -2.47. The summed E-state index contributed by atoms with van der Waals surface area (Å²) in [6, 6.07) is 7.41. The molecule has 0 bridgehead atoms. The highest BCUT2D eigenvalue weighted by molar-refractivity contribution is 9.10. The van der Waals surface area contributed by atoms with E-state index in [4.69, 9.17) is 0 Å². The SMILES string of the molecule is CN(C)CC(C)(O)CNCC(=O)Nc1cccc(Br)c1. The van der Waals surface area contributed by atoms with Crippen molar-refractivity contribution >= 4 is 27.5 Å². The Morgan fingerprint density at radius 1 is 1.45 bits per heavy atom. The molecule has 0 aliphatic carbocycles. The van der Waals surface area contributed by atoms with Crippen LogP contribution in [0.2, 0.25) is 0 Å². The highest BCUT2D eigenvalue weighted by Gasteiger charge is 2.20. The Morgan fingerprint density at radius 3 is 2.75 bits per heavy atom. The molecule has 112 valence electrons. The lowest BCUT2D eigenvalue weighted by molar-refractivity contribution is -0.115. The van der Waals surface area contributed by atoms with E-state index in [0.29, 0.717) is 13.1 Å². The zero-order valence-electron chi connectivity index (χ0n) is 12.1. The Bertz CT molecular complexity index is 450. The van der Waals surface area contributed by atoms with Gasteiger partial charge in [0.25, 0.3) is 0 Å². The summed E-state index contributed by atoms with van der Waals surface area (Å²) >= 11 is 3.35. The molecule has 6 heteroatoms. The highest BCUT2D eigenvalue weighted by atomic mass is 79.9. The van der Waals surface area contributed by atoms with Crippen LogP contribution >= 0.6 is 15.9 Å². The van der Waals surface area contributed by atoms with Crippen molar-refractivity contribution in [2.75, 3.05) is 39.0 Å². The molecule has 0 aliphatic rings. The van der Waals surface area contributed by atoms with Crippen molar-refractivity contribution in [1.82, 2.24) is 10.2 Å². The first-order valence-electron chi connectivity index (χ1n) is 6.42. The fourth-order valence-electron chi connectivity index (χ4n) is 1.95. The average molecular weight is 344 g/mol. The van der Waals surface area contributed by atoms with Gasteiger partial charge in [0, 0.05) is 23.2 Å². The van der Waals surface area contributed by atoms with Crippen LogP contribution in [0.1, 0.15) is 6.92 Å². The second-order valence-electron chi connectivity index (χ2n) is 5.40. The third kappa shape index (κ3) is 7.00. The van der Waals surface area contributed by atoms with Gasteiger partial charge in [-0.1, -0.05) is 22.0 Å². The molecular formula is C14H22BrN3O2. The molecule has 0 saturated carbocycles. The number of benzene rings is 1. The maximum atomic E-state index is 11.8. The molecule has 0 spiro atoms. The van der Waals surface area contributed by atoms with Crippen molar-refractivity contribution in [3.8, 4) is 0 Å². The second-order valence-corrected chi connectivity index (χ2v) is 6.31. The molecule has 1 aromatic rings. The lowest BCUT2D eigenvalue weighted by Gasteiger charge is -2.27. The van der Waals surface area contributed by atoms with Gasteiger partial charge in [-0.15, -0.1) is 0 Å². The van der Waals surface area contributed by atoms with Gasteiger partial charge in [0.2, 0.25) is 5.91 Å². The van der Waals surface area contributed by atoms with Gasteiger partial charge in [0.05, 0.1) is 12.1 Å². The minimum absolute atomic E-state index is 0.135. The zero-order chi connectivity index (χ0) is 15.2. The van der Waals surface area contributed by atoms with Crippen LogP contribution in [-0.2, 0) is 4.79 Å². The topological polar surface area (TPSA) is 64.6 Å². The number of anilines is 1. The number of amides is 1. The van der Waals surface area contributed by atoms with Crippen LogP contribution in [0.4, 0.5) is 5.69 Å². The van der Waals surface area contributed by atoms with E-state index in [1.54, 1.807) is 6.92 Å². The van der Waals surface area contributed by atoms with Crippen LogP contribution in [0.25, 0.3) is 0 Å². The summed E-state index contributed by atoms with van der Waals surface area (Å²) in [6.45, 7) is 2.80. The quantitative estimate of drug-likeness (QED) is 0.698. The molecule has 5 nitrogen and oxygen atoms in total. The van der Waals surface area contributed by atoms with Crippen LogP contribution in [0, 0.1) is 0 Å². The van der Waals surface area contributed by atoms with E-state index in [1.807, 2.05) is 43.3 Å². The molecule has 1 unspecified atom stereocenters. The van der Waals surface area contributed by atoms with Crippen LogP contribution in [-0.4, -0.2) is 55.2 Å². The van der Waals surface area contributed by atoms with E-state index in [-0.39, 0.29) is 12.5 Å². The van der Waals surface area contributed by atoms with Gasteiger partial charge >= 0.3 is 0 Å². The Labute approximate surface area is 128 Å². The minimum atomic E-state index is -0.862. The number of nitrogens with zero attached hydrogens (tertiary/aromatic N) is 1. The van der Waals surface area contributed by atoms with Gasteiger partial charge in [-0.05, 0) is 39.2 Å². The molecule has 0 aromatic heterocycles. The van der Waals surface area contributed by atoms with Gasteiger partial charge in [0.15, 0.2) is 0 Å². The van der Waals surface area contributed by atoms with Gasteiger partial charge < -0.3 is 20.6 Å². The van der Waals surface area contributed by atoms with Gasteiger partial charge in [-0.25, -0.2) is 0 Å². The monoisotopic (exact) mass is 343 g/mol. The van der Waals surface area contributed by atoms with Crippen molar-refractivity contribution in [2.45, 2.75) is 12.5 Å². The van der Waals surface area contributed by atoms with Gasteiger partial charge in [0.1, 0.15) is 0 Å². The summed E-state index contributed by atoms with van der Waals surface area (Å²) in [4.78, 5) is 13.7. The molecule has 0 saturated heterocycles. The minimum Gasteiger partial charge on any atom is -0.388 e. The maximum Gasteiger partial charge on any atom is 0.238 e. The lowest BCUT2D eigenvalue weighted by atomic mass is 10.1. The standard InChI is InChI=1S/C14H22BrN3O2/c1-14(20,10-18(2)3)9-16-8-13(19)17-12-6-4-5-11(15)7-12/h4-7,16,20H,8-10H2,1-3H3,(H,17,19). The van der Waals surface area contributed by atoms with E-state index >= 15 is 0 Å². The second kappa shape index (κ2) is 7.73. The Kier molecular flexibility index (Phi) is 6.61. The Hall–Kier alpha value is -0.950. The van der Waals surface area contributed by atoms with E-state index in [1.165, 1.54) is 0 Å². The zero-order valence-corrected chi connectivity index (χ0v) is 13.7. The molecule has 1 aromatic carbocycles. The molecule has 0 heterocycles. The summed E-state index contributed by atoms with van der Waals surface area (Å²) in [5, 5.41) is 15.8. The molecule has 1 amide bonds. The fraction of sp³-hybridized carbons (Fsp3) is 0.500. The number of likely N-dealkylation sites (N-methyl/N-ethyl adjacent to an activating group) is 1. The number of hydrogen-bond donors (Lipinski definition) is 3. The fourth-order valence-corrected chi connectivity index (χ4v) is 2.35. The predicted molar refractivity (Wildman–Crippen MR) is 84.8 cm³/mol. The predicted octanol–water partition coefficient (Wildman–Crippen LogP) is 1.29. The summed E-state index contributed by atoms with van der Waals surface area (Å²) in [5.41, 5.74) is -0.120. The number of hydrogen-bond acceptors (Lipinski definition) is 4. The third-order valence-electron chi connectivity index (χ3n) is 2.56. The molecular weight excluding hydrogens is 322 g/mol. The van der Waals surface area contributed by atoms with Gasteiger partial charge in [-0.3, -0.25) is 4.79 Å². The van der Waals surface area contributed by atoms with Crippen molar-refractivity contribution in [1.29, 1.82) is 0 Å². The first kappa shape index (κ1) is 17.1. The largest absolute Gasteiger partial charge is 0.388 e. The first-order valence-corrected chi connectivity index (χ1v) is 7.21. The Morgan fingerprint density at radius 2 is 2.15 bits per heavy atom. The van der Waals surface area contributed by atoms with Crippen molar-refractivity contribution in [3.63, 3.8) is 0 Å². The van der Waals surface area contributed by atoms with Gasteiger partial charge in [-0.2, -0.15) is 0 Å². The van der Waals surface area contributed by atoms with E-state index in [2.05, 4.69) is 26.6 Å². The van der Waals surface area contributed by atoms with Crippen molar-refractivity contribution < 1.29 is 9.90 Å². The highest BCUT2D eigenvalue weighted by Crippen LogP contribution is 2.15. The maximum absolute atomic E-state index is 11.8. The average Bonchev–Trinajstić information content (AvgIpc) is 2.26. The third-order valence-corrected chi connectivity index (χ3v) is 3.05. The van der Waals surface area contributed by atoms with Crippen molar-refractivity contribution in [2.24, 2.45) is 0 Å². The van der Waals surface area contributed by atoms with Crippen LogP contribution < -0.4 is 10.6 Å². The van der Waals surface area contributed by atoms with E-state index < -0.39 is 5.60 Å². The molecule has 20 heavy (non-hydrogen) atoms. The molecule has 0 fully saturated rings. The number of aliphatic hydroxyl groups is 1. The molecule has 1 atom stereocenters. The summed E-state index contributed by atoms with van der Waals surface area (Å²) in [5.74, 6) is -0.135. The number of halogens is 1. The first-order chi connectivity index (χ1) is 9.28. The Balaban J connectivity index is 2.33. The number of carbonyl (C=O) groups is 1. The summed E-state index contributed by atoms with van der Waals surface area (Å²) in [7, 11) is 3.79. The smallest absolute Gasteiger partial charge is 0.238 e. The van der Waals surface area contributed by atoms with Crippen molar-refractivity contribution in [3.05, 3.63) is 28.7 Å².